The van der Waals surface area contributed by atoms with Gasteiger partial charge in [0.1, 0.15) is 11.8 Å². The molecule has 2 heterocycles. The average Bonchev–Trinajstić information content (AvgIpc) is 3.10. The van der Waals surface area contributed by atoms with Gasteiger partial charge in [0, 0.05) is 12.2 Å². The number of ether oxygens (including phenoxy) is 1. The molecular weight excluding hydrogens is 417 g/mol. The number of benzene rings is 2. The molecule has 1 aliphatic rings. The Labute approximate surface area is 174 Å². The van der Waals surface area contributed by atoms with Crippen LogP contribution in [0.5, 0.6) is 5.75 Å². The molecule has 0 unspecified atom stereocenters. The molecule has 0 amide bonds. The zero-order valence-electron chi connectivity index (χ0n) is 15.1. The molecule has 146 valence electrons. The van der Waals surface area contributed by atoms with Crippen molar-refractivity contribution in [3.63, 3.8) is 0 Å². The predicted molar refractivity (Wildman–Crippen MR) is 109 cm³/mol. The van der Waals surface area contributed by atoms with Crippen LogP contribution in [0.3, 0.4) is 0 Å². The smallest absolute Gasteiger partial charge is 0.349 e. The second kappa shape index (κ2) is 7.28. The van der Waals surface area contributed by atoms with Gasteiger partial charge in [-0.2, -0.15) is 9.94 Å². The molecule has 1 aromatic heterocycles. The third-order valence-corrected chi connectivity index (χ3v) is 5.21. The first-order chi connectivity index (χ1) is 13.9. The highest BCUT2D eigenvalue weighted by Crippen LogP contribution is 2.44. The quantitative estimate of drug-likeness (QED) is 0.686. The van der Waals surface area contributed by atoms with Crippen molar-refractivity contribution in [3.8, 4) is 17.5 Å². The molecule has 1 aliphatic heterocycles. The number of hydrogen-bond acceptors (Lipinski definition) is 6. The van der Waals surface area contributed by atoms with Crippen LogP contribution in [-0.2, 0) is 6.42 Å². The zero-order chi connectivity index (χ0) is 20.7. The first-order valence-electron chi connectivity index (χ1n) is 8.50. The fourth-order valence-corrected chi connectivity index (χ4v) is 4.00. The highest BCUT2D eigenvalue weighted by Gasteiger charge is 2.25. The average molecular weight is 430 g/mol. The molecule has 8 nitrogen and oxygen atoms in total. The molecule has 29 heavy (non-hydrogen) atoms. The van der Waals surface area contributed by atoms with Gasteiger partial charge in [-0.25, -0.2) is 4.79 Å². The number of halogens is 2. The lowest BCUT2D eigenvalue weighted by molar-refractivity contribution is 0.414. The number of H-pyrrole nitrogens is 1. The number of aromatic nitrogens is 3. The lowest BCUT2D eigenvalue weighted by atomic mass is 10.1. The summed E-state index contributed by atoms with van der Waals surface area (Å²) in [6.45, 7) is 0.677. The van der Waals surface area contributed by atoms with Crippen molar-refractivity contribution >= 4 is 34.6 Å². The Morgan fingerprint density at radius 1 is 1.21 bits per heavy atom. The summed E-state index contributed by atoms with van der Waals surface area (Å²) in [5.74, 6) is 0.773. The van der Waals surface area contributed by atoms with Crippen LogP contribution < -0.4 is 20.9 Å². The fraction of sp³-hybridized carbons (Fsp3) is 0.158. The predicted octanol–water partition coefficient (Wildman–Crippen LogP) is 2.80. The van der Waals surface area contributed by atoms with E-state index in [2.05, 4.69) is 5.10 Å². The second-order valence-electron chi connectivity index (χ2n) is 6.29. The van der Waals surface area contributed by atoms with Crippen LogP contribution in [0.4, 0.5) is 11.4 Å². The lowest BCUT2D eigenvalue weighted by Crippen LogP contribution is -2.33. The van der Waals surface area contributed by atoms with Crippen LogP contribution in [0, 0.1) is 11.3 Å². The summed E-state index contributed by atoms with van der Waals surface area (Å²) in [5.41, 5.74) is 0.809. The van der Waals surface area contributed by atoms with E-state index < -0.39 is 16.9 Å². The minimum Gasteiger partial charge on any atom is -0.497 e. The normalized spacial score (nSPS) is 12.6. The zero-order valence-corrected chi connectivity index (χ0v) is 16.6. The van der Waals surface area contributed by atoms with Gasteiger partial charge in [-0.15, -0.1) is 5.10 Å². The van der Waals surface area contributed by atoms with Crippen LogP contribution in [0.25, 0.3) is 5.69 Å². The van der Waals surface area contributed by atoms with Gasteiger partial charge in [0.05, 0.1) is 28.5 Å². The van der Waals surface area contributed by atoms with Crippen LogP contribution in [-0.4, -0.2) is 28.4 Å². The van der Waals surface area contributed by atoms with Gasteiger partial charge in [0.25, 0.3) is 5.56 Å². The van der Waals surface area contributed by atoms with E-state index in [1.807, 2.05) is 28.1 Å². The Balaban J connectivity index is 1.81. The first kappa shape index (κ1) is 19.1. The fourth-order valence-electron chi connectivity index (χ4n) is 3.32. The number of fused-ring (bicyclic) bond motifs is 1. The Morgan fingerprint density at radius 2 is 1.93 bits per heavy atom. The standard InChI is InChI=1S/C19H13Cl2N5O3/c1-29-12-2-3-16-10(6-12)4-5-25(16)17-13(20)7-11(8-14(17)21)26-19(28)23-18(27)15(9-22)24-26/h2-3,6-8H,4-5H2,1H3,(H,23,27,28). The molecule has 2 aromatic carbocycles. The van der Waals surface area contributed by atoms with E-state index in [0.29, 0.717) is 22.3 Å². The molecule has 0 saturated carbocycles. The van der Waals surface area contributed by atoms with Gasteiger partial charge in [0.2, 0.25) is 5.69 Å². The first-order valence-corrected chi connectivity index (χ1v) is 9.26. The number of rotatable bonds is 3. The van der Waals surface area contributed by atoms with Crippen molar-refractivity contribution in [1.82, 2.24) is 14.8 Å². The van der Waals surface area contributed by atoms with Gasteiger partial charge in [-0.3, -0.25) is 9.78 Å². The van der Waals surface area contributed by atoms with Crippen molar-refractivity contribution in [1.29, 1.82) is 5.26 Å². The summed E-state index contributed by atoms with van der Waals surface area (Å²) in [7, 11) is 1.62. The monoisotopic (exact) mass is 429 g/mol. The van der Waals surface area contributed by atoms with Gasteiger partial charge in [-0.1, -0.05) is 23.2 Å². The van der Waals surface area contributed by atoms with Gasteiger partial charge in [0.15, 0.2) is 0 Å². The molecule has 0 aliphatic carbocycles. The Kier molecular flexibility index (Phi) is 4.78. The SMILES string of the molecule is COc1ccc2c(c1)CCN2c1c(Cl)cc(-n2nc(C#N)c(=O)[nH]c2=O)cc1Cl. The van der Waals surface area contributed by atoms with E-state index >= 15 is 0 Å². The van der Waals surface area contributed by atoms with Crippen molar-refractivity contribution in [3.05, 3.63) is 72.5 Å². The molecule has 0 saturated heterocycles. The summed E-state index contributed by atoms with van der Waals surface area (Å²) >= 11 is 13.0. The lowest BCUT2D eigenvalue weighted by Gasteiger charge is -2.23. The molecule has 10 heteroatoms. The summed E-state index contributed by atoms with van der Waals surface area (Å²) in [6.07, 6.45) is 0.799. The van der Waals surface area contributed by atoms with Gasteiger partial charge in [-0.05, 0) is 42.3 Å². The maximum atomic E-state index is 12.1. The van der Waals surface area contributed by atoms with Crippen molar-refractivity contribution in [2.75, 3.05) is 18.6 Å². The number of nitrogens with zero attached hydrogens (tertiary/aromatic N) is 4. The Hall–Kier alpha value is -3.28. The number of aromatic amines is 1. The minimum absolute atomic E-state index is 0.232. The van der Waals surface area contributed by atoms with Crippen molar-refractivity contribution in [2.24, 2.45) is 0 Å². The number of anilines is 2. The number of nitrogens with one attached hydrogen (secondary N) is 1. The number of hydrogen-bond donors (Lipinski definition) is 1. The summed E-state index contributed by atoms with van der Waals surface area (Å²) in [6, 6.07) is 10.4. The Morgan fingerprint density at radius 3 is 2.59 bits per heavy atom. The van der Waals surface area contributed by atoms with Crippen molar-refractivity contribution in [2.45, 2.75) is 6.42 Å². The number of methoxy groups -OCH3 is 1. The highest BCUT2D eigenvalue weighted by atomic mass is 35.5. The van der Waals surface area contributed by atoms with E-state index in [1.54, 1.807) is 13.2 Å². The van der Waals surface area contributed by atoms with E-state index in [4.69, 9.17) is 33.2 Å². The third-order valence-electron chi connectivity index (χ3n) is 4.63. The maximum absolute atomic E-state index is 12.1. The van der Waals surface area contributed by atoms with Crippen LogP contribution in [0.2, 0.25) is 10.0 Å². The van der Waals surface area contributed by atoms with Crippen LogP contribution in [0.1, 0.15) is 11.3 Å². The Bertz CT molecular complexity index is 1270. The molecule has 3 aromatic rings. The highest BCUT2D eigenvalue weighted by molar-refractivity contribution is 6.39. The molecule has 0 bridgehead atoms. The topological polar surface area (TPSA) is 104 Å². The van der Waals surface area contributed by atoms with E-state index in [-0.39, 0.29) is 5.69 Å². The molecule has 1 N–H and O–H groups in total. The second-order valence-corrected chi connectivity index (χ2v) is 7.10. The van der Waals surface area contributed by atoms with Gasteiger partial charge < -0.3 is 9.64 Å². The summed E-state index contributed by atoms with van der Waals surface area (Å²) in [4.78, 5) is 27.7. The minimum atomic E-state index is -0.855. The van der Waals surface area contributed by atoms with Crippen LogP contribution in [0.15, 0.2) is 39.9 Å². The molecule has 4 rings (SSSR count). The van der Waals surface area contributed by atoms with E-state index in [9.17, 15) is 9.59 Å². The van der Waals surface area contributed by atoms with E-state index in [1.165, 1.54) is 12.1 Å². The molecule has 0 fully saturated rings. The van der Waals surface area contributed by atoms with Crippen molar-refractivity contribution < 1.29 is 4.74 Å². The molecule has 0 atom stereocenters. The molecular formula is C19H13Cl2N5O3. The summed E-state index contributed by atoms with van der Waals surface area (Å²) in [5, 5.41) is 13.4. The maximum Gasteiger partial charge on any atom is 0.349 e. The van der Waals surface area contributed by atoms with E-state index in [0.717, 1.165) is 28.1 Å². The van der Waals surface area contributed by atoms with Gasteiger partial charge >= 0.3 is 5.69 Å². The number of nitriles is 1. The molecule has 0 radical (unpaired) electrons. The van der Waals surface area contributed by atoms with Crippen LogP contribution >= 0.6 is 23.2 Å². The third kappa shape index (κ3) is 3.24. The summed E-state index contributed by atoms with van der Waals surface area (Å²) < 4.78 is 6.15. The molecule has 0 spiro atoms. The largest absolute Gasteiger partial charge is 0.497 e.